The Labute approximate surface area is 123 Å². The quantitative estimate of drug-likeness (QED) is 0.508. The van der Waals surface area contributed by atoms with Crippen LogP contribution >= 0.6 is 0 Å². The molecule has 0 spiro atoms. The lowest BCUT2D eigenvalue weighted by Gasteiger charge is -2.29. The van der Waals surface area contributed by atoms with E-state index in [9.17, 15) is 4.79 Å². The summed E-state index contributed by atoms with van der Waals surface area (Å²) >= 11 is 0. The summed E-state index contributed by atoms with van der Waals surface area (Å²) in [6, 6.07) is 4.48. The summed E-state index contributed by atoms with van der Waals surface area (Å²) in [5.74, 6) is -0.359. The van der Waals surface area contributed by atoms with Gasteiger partial charge in [0.1, 0.15) is 0 Å². The summed E-state index contributed by atoms with van der Waals surface area (Å²) in [6.07, 6.45) is 6.17. The summed E-state index contributed by atoms with van der Waals surface area (Å²) in [5, 5.41) is 8.83. The Kier molecular flexibility index (Phi) is 4.59. The van der Waals surface area contributed by atoms with Gasteiger partial charge in [0.05, 0.1) is 12.7 Å². The van der Waals surface area contributed by atoms with Crippen molar-refractivity contribution in [3.63, 3.8) is 0 Å². The number of benzene rings is 1. The molecule has 5 heteroatoms. The van der Waals surface area contributed by atoms with Crippen LogP contribution < -0.4 is 10.1 Å². The predicted octanol–water partition coefficient (Wildman–Crippen LogP) is 0.840. The van der Waals surface area contributed by atoms with Crippen molar-refractivity contribution < 1.29 is 9.53 Å². The van der Waals surface area contributed by atoms with Gasteiger partial charge < -0.3 is 15.0 Å². The van der Waals surface area contributed by atoms with Crippen molar-refractivity contribution in [1.82, 2.24) is 0 Å². The highest BCUT2D eigenvalue weighted by Crippen LogP contribution is 2.29. The number of nitrogens with one attached hydrogen (secondary N) is 1. The molecule has 0 radical (unpaired) electrons. The molecule has 1 aromatic carbocycles. The van der Waals surface area contributed by atoms with E-state index in [0.717, 1.165) is 21.1 Å². The maximum Gasteiger partial charge on any atom is 0.338 e. The van der Waals surface area contributed by atoms with Gasteiger partial charge in [0, 0.05) is 40.8 Å². The molecule has 1 fully saturated rings. The Morgan fingerprint density at radius 3 is 2.65 bits per heavy atom. The second kappa shape index (κ2) is 6.22. The van der Waals surface area contributed by atoms with Crippen LogP contribution in [0.2, 0.25) is 0 Å². The Morgan fingerprint density at radius 2 is 2.10 bits per heavy atom. The Balaban J connectivity index is 2.48. The van der Waals surface area contributed by atoms with Crippen molar-refractivity contribution in [2.24, 2.45) is 0 Å². The molecular weight excluding hydrogens is 268 g/mol. The van der Waals surface area contributed by atoms with E-state index in [4.69, 9.17) is 10.1 Å². The topological polar surface area (TPSA) is 53.4 Å². The van der Waals surface area contributed by atoms with Crippen molar-refractivity contribution in [2.75, 3.05) is 19.1 Å². The van der Waals surface area contributed by atoms with E-state index in [2.05, 4.69) is 18.0 Å². The van der Waals surface area contributed by atoms with Crippen molar-refractivity contribution in [2.45, 2.75) is 31.7 Å². The highest BCUT2D eigenvalue weighted by molar-refractivity contribution is 6.33. The van der Waals surface area contributed by atoms with Gasteiger partial charge in [0.15, 0.2) is 0 Å². The van der Waals surface area contributed by atoms with Gasteiger partial charge >= 0.3 is 5.97 Å². The van der Waals surface area contributed by atoms with Gasteiger partial charge in [-0.1, -0.05) is 18.0 Å². The number of ether oxygens (including phenoxy) is 1. The van der Waals surface area contributed by atoms with Crippen LogP contribution in [0.5, 0.6) is 0 Å². The zero-order valence-corrected chi connectivity index (χ0v) is 14.4. The molecule has 0 aliphatic heterocycles. The van der Waals surface area contributed by atoms with Gasteiger partial charge in [0.25, 0.3) is 0 Å². The van der Waals surface area contributed by atoms with Crippen LogP contribution in [-0.4, -0.2) is 42.6 Å². The molecule has 1 aliphatic rings. The zero-order valence-electron chi connectivity index (χ0n) is 12.4. The minimum absolute atomic E-state index is 0.359. The second-order valence-electron chi connectivity index (χ2n) is 5.43. The van der Waals surface area contributed by atoms with E-state index < -0.39 is 0 Å². The normalized spacial score (nSPS) is 15.3. The largest absolute Gasteiger partial charge is 0.465 e. The Hall–Kier alpha value is -1.62. The van der Waals surface area contributed by atoms with Crippen molar-refractivity contribution in [3.05, 3.63) is 23.3 Å². The van der Waals surface area contributed by atoms with Crippen LogP contribution in [0.4, 0.5) is 5.69 Å². The van der Waals surface area contributed by atoms with Crippen molar-refractivity contribution in [3.8, 4) is 0 Å². The summed E-state index contributed by atoms with van der Waals surface area (Å²) in [5.41, 5.74) is 2.17. The molecule has 108 valence electrons. The number of rotatable bonds is 4. The first-order chi connectivity index (χ1) is 9.58. The number of nitrogens with zero attached hydrogens (tertiary/aromatic N) is 1. The minimum Gasteiger partial charge on any atom is -0.465 e. The molecule has 2 rings (SSSR count). The lowest BCUT2D eigenvalue weighted by atomic mass is 10.0. The number of carbonyl (C=O) groups is 1. The number of esters is 1. The summed E-state index contributed by atoms with van der Waals surface area (Å²) < 4.78 is 4.85. The molecule has 1 N–H and O–H groups in total. The van der Waals surface area contributed by atoms with Gasteiger partial charge in [-0.2, -0.15) is 0 Å². The van der Waals surface area contributed by atoms with E-state index in [1.165, 1.54) is 39.0 Å². The van der Waals surface area contributed by atoms with E-state index in [-0.39, 0.29) is 5.97 Å². The van der Waals surface area contributed by atoms with Crippen LogP contribution in [0.3, 0.4) is 0 Å². The highest BCUT2D eigenvalue weighted by Gasteiger charge is 2.24. The van der Waals surface area contributed by atoms with Crippen LogP contribution in [0.1, 0.15) is 41.6 Å². The molecule has 0 atom stereocenters. The molecule has 0 bridgehead atoms. The van der Waals surface area contributed by atoms with Crippen molar-refractivity contribution in [1.29, 1.82) is 5.41 Å². The third-order valence-corrected chi connectivity index (χ3v) is 4.68. The smallest absolute Gasteiger partial charge is 0.338 e. The van der Waals surface area contributed by atoms with E-state index in [1.807, 2.05) is 6.07 Å². The molecule has 0 amide bonds. The van der Waals surface area contributed by atoms with Crippen LogP contribution in [0.15, 0.2) is 12.1 Å². The maximum absolute atomic E-state index is 11.9. The van der Waals surface area contributed by atoms with Gasteiger partial charge in [-0.15, -0.1) is 0 Å². The fraction of sp³-hybridized carbons (Fsp3) is 0.467. The fourth-order valence-electron chi connectivity index (χ4n) is 2.99. The number of methoxy groups -OCH3 is 1. The minimum atomic E-state index is -0.359. The molecule has 1 saturated carbocycles. The third-order valence-electron chi connectivity index (χ3n) is 4.10. The standard InChI is InChI=1S/C15H22N2O2Si/c1-17(10-5-3-4-6-10)14-8-11(20)7-12(13(14)9-16)15(18)19-2/h7-10,16H,3-6H2,1-2,20H3. The van der Waals surface area contributed by atoms with Gasteiger partial charge in [-0.05, 0) is 25.0 Å². The SMILES string of the molecule is COC(=O)c1cc([SiH3])cc(N(C)C2CCCC2)c1C=N. The van der Waals surface area contributed by atoms with Crippen molar-refractivity contribution >= 4 is 33.3 Å². The van der Waals surface area contributed by atoms with Gasteiger partial charge in [-0.3, -0.25) is 0 Å². The molecule has 4 nitrogen and oxygen atoms in total. The lowest BCUT2D eigenvalue weighted by molar-refractivity contribution is 0.0600. The lowest BCUT2D eigenvalue weighted by Crippen LogP contribution is -2.31. The summed E-state index contributed by atoms with van der Waals surface area (Å²) in [6.45, 7) is 0. The van der Waals surface area contributed by atoms with Gasteiger partial charge in [-0.25, -0.2) is 4.79 Å². The molecule has 0 heterocycles. The number of anilines is 1. The highest BCUT2D eigenvalue weighted by atomic mass is 28.1. The molecular formula is C15H22N2O2Si. The van der Waals surface area contributed by atoms with Crippen LogP contribution in [0, 0.1) is 5.41 Å². The van der Waals surface area contributed by atoms with E-state index >= 15 is 0 Å². The predicted molar refractivity (Wildman–Crippen MR) is 85.9 cm³/mol. The molecule has 0 aromatic heterocycles. The second-order valence-corrected chi connectivity index (χ2v) is 6.59. The molecule has 0 unspecified atom stereocenters. The maximum atomic E-state index is 11.9. The van der Waals surface area contributed by atoms with E-state index in [0.29, 0.717) is 17.2 Å². The average Bonchev–Trinajstić information content (AvgIpc) is 2.98. The van der Waals surface area contributed by atoms with Crippen LogP contribution in [0.25, 0.3) is 0 Å². The van der Waals surface area contributed by atoms with Crippen LogP contribution in [-0.2, 0) is 4.74 Å². The first kappa shape index (κ1) is 14.8. The number of carbonyl (C=O) groups excluding carboxylic acids is 1. The Bertz CT molecular complexity index is 525. The first-order valence-electron chi connectivity index (χ1n) is 7.04. The molecule has 1 aliphatic carbocycles. The fourth-order valence-corrected chi connectivity index (χ4v) is 3.55. The molecule has 20 heavy (non-hydrogen) atoms. The number of hydrogen-bond donors (Lipinski definition) is 1. The summed E-state index contributed by atoms with van der Waals surface area (Å²) in [7, 11) is 4.33. The Morgan fingerprint density at radius 1 is 1.45 bits per heavy atom. The third kappa shape index (κ3) is 2.77. The first-order valence-corrected chi connectivity index (χ1v) is 8.04. The monoisotopic (exact) mass is 290 g/mol. The number of hydrogen-bond acceptors (Lipinski definition) is 4. The van der Waals surface area contributed by atoms with E-state index in [1.54, 1.807) is 0 Å². The van der Waals surface area contributed by atoms with Gasteiger partial charge in [0.2, 0.25) is 0 Å². The zero-order chi connectivity index (χ0) is 14.7. The molecule has 1 aromatic rings. The average molecular weight is 290 g/mol. The summed E-state index contributed by atoms with van der Waals surface area (Å²) in [4.78, 5) is 14.2. The molecule has 0 saturated heterocycles.